The molecule has 0 heterocycles. The minimum absolute atomic E-state index is 0.179. The lowest BCUT2D eigenvalue weighted by atomic mass is 10.1. The molecule has 0 bridgehead atoms. The predicted octanol–water partition coefficient (Wildman–Crippen LogP) is 1.90. The summed E-state index contributed by atoms with van der Waals surface area (Å²) in [5, 5.41) is 11.0. The van der Waals surface area contributed by atoms with Crippen LogP contribution in [0.2, 0.25) is 0 Å². The summed E-state index contributed by atoms with van der Waals surface area (Å²) in [5.41, 5.74) is -0.766. The molecule has 19 heavy (non-hydrogen) atoms. The normalized spacial score (nSPS) is 11.9. The van der Waals surface area contributed by atoms with Gasteiger partial charge in [-0.15, -0.1) is 0 Å². The monoisotopic (exact) mass is 289 g/mol. The molecular weight excluding hydrogens is 276 g/mol. The van der Waals surface area contributed by atoms with Crippen molar-refractivity contribution >= 4 is 23.6 Å². The van der Waals surface area contributed by atoms with Crippen LogP contribution in [0.25, 0.3) is 0 Å². The second-order valence-corrected chi connectivity index (χ2v) is 4.73. The van der Waals surface area contributed by atoms with Crippen molar-refractivity contribution in [3.8, 4) is 0 Å². The standard InChI is InChI=1S/C12H13F2NO3S/c1-19-6-5-9(12(17)18)15-11(16)10-7(13)3-2-4-8(10)14/h2-4,9H,5-6H2,1H3,(H,15,16)(H,17,18)/t9-/m1/s1. The number of aliphatic carboxylic acids is 1. The third kappa shape index (κ3) is 4.20. The molecule has 0 saturated heterocycles. The Morgan fingerprint density at radius 3 is 2.42 bits per heavy atom. The summed E-state index contributed by atoms with van der Waals surface area (Å²) < 4.78 is 26.7. The van der Waals surface area contributed by atoms with Crippen LogP contribution in [0.5, 0.6) is 0 Å². The molecule has 0 aromatic heterocycles. The number of benzene rings is 1. The fourth-order valence-electron chi connectivity index (χ4n) is 1.44. The predicted molar refractivity (Wildman–Crippen MR) is 68.2 cm³/mol. The van der Waals surface area contributed by atoms with Gasteiger partial charge in [-0.05, 0) is 30.6 Å². The molecule has 1 rings (SSSR count). The number of carbonyl (C=O) groups is 2. The summed E-state index contributed by atoms with van der Waals surface area (Å²) in [5.74, 6) is -3.84. The second kappa shape index (κ2) is 7.08. The van der Waals surface area contributed by atoms with E-state index in [0.717, 1.165) is 18.2 Å². The van der Waals surface area contributed by atoms with Crippen molar-refractivity contribution in [3.63, 3.8) is 0 Å². The first kappa shape index (κ1) is 15.4. The van der Waals surface area contributed by atoms with Crippen molar-refractivity contribution in [1.29, 1.82) is 0 Å². The molecule has 0 aliphatic carbocycles. The third-order valence-corrected chi connectivity index (χ3v) is 3.05. The Morgan fingerprint density at radius 1 is 1.37 bits per heavy atom. The van der Waals surface area contributed by atoms with Crippen molar-refractivity contribution in [1.82, 2.24) is 5.32 Å². The number of amides is 1. The summed E-state index contributed by atoms with van der Waals surface area (Å²) in [6.07, 6.45) is 1.97. The lowest BCUT2D eigenvalue weighted by molar-refractivity contribution is -0.139. The highest BCUT2D eigenvalue weighted by Crippen LogP contribution is 2.12. The molecule has 7 heteroatoms. The van der Waals surface area contributed by atoms with Crippen molar-refractivity contribution in [2.75, 3.05) is 12.0 Å². The fraction of sp³-hybridized carbons (Fsp3) is 0.333. The van der Waals surface area contributed by atoms with E-state index < -0.39 is 35.1 Å². The highest BCUT2D eigenvalue weighted by atomic mass is 32.2. The zero-order chi connectivity index (χ0) is 14.4. The largest absolute Gasteiger partial charge is 0.480 e. The summed E-state index contributed by atoms with van der Waals surface area (Å²) in [4.78, 5) is 22.6. The van der Waals surface area contributed by atoms with Crippen LogP contribution in [-0.2, 0) is 4.79 Å². The first-order valence-electron chi connectivity index (χ1n) is 5.44. The van der Waals surface area contributed by atoms with E-state index in [4.69, 9.17) is 5.11 Å². The molecule has 104 valence electrons. The molecule has 0 aliphatic rings. The Labute approximate surface area is 113 Å². The van der Waals surface area contributed by atoms with Crippen LogP contribution in [0.3, 0.4) is 0 Å². The number of rotatable bonds is 6. The zero-order valence-corrected chi connectivity index (χ0v) is 11.0. The van der Waals surface area contributed by atoms with Crippen LogP contribution in [0, 0.1) is 11.6 Å². The molecule has 2 N–H and O–H groups in total. The smallest absolute Gasteiger partial charge is 0.326 e. The molecule has 1 atom stereocenters. The van der Waals surface area contributed by atoms with Gasteiger partial charge >= 0.3 is 5.97 Å². The Hall–Kier alpha value is -1.63. The van der Waals surface area contributed by atoms with Crippen LogP contribution >= 0.6 is 11.8 Å². The minimum Gasteiger partial charge on any atom is -0.480 e. The molecule has 0 fully saturated rings. The average Bonchev–Trinajstić information content (AvgIpc) is 2.33. The van der Waals surface area contributed by atoms with Crippen LogP contribution in [0.15, 0.2) is 18.2 Å². The van der Waals surface area contributed by atoms with Gasteiger partial charge in [-0.1, -0.05) is 6.07 Å². The lowest BCUT2D eigenvalue weighted by Gasteiger charge is -2.14. The number of carboxylic acid groups (broad SMARTS) is 1. The molecule has 0 saturated carbocycles. The van der Waals surface area contributed by atoms with E-state index in [1.165, 1.54) is 11.8 Å². The zero-order valence-electron chi connectivity index (χ0n) is 10.2. The van der Waals surface area contributed by atoms with Crippen molar-refractivity contribution < 1.29 is 23.5 Å². The number of thioether (sulfide) groups is 1. The minimum atomic E-state index is -1.24. The number of nitrogens with one attached hydrogen (secondary N) is 1. The van der Waals surface area contributed by atoms with E-state index >= 15 is 0 Å². The van der Waals surface area contributed by atoms with E-state index in [0.29, 0.717) is 5.75 Å². The molecular formula is C12H13F2NO3S. The molecule has 1 aromatic rings. The summed E-state index contributed by atoms with van der Waals surface area (Å²) >= 11 is 1.41. The average molecular weight is 289 g/mol. The quantitative estimate of drug-likeness (QED) is 0.839. The van der Waals surface area contributed by atoms with E-state index in [-0.39, 0.29) is 6.42 Å². The molecule has 1 amide bonds. The Morgan fingerprint density at radius 2 is 1.95 bits per heavy atom. The topological polar surface area (TPSA) is 66.4 Å². The fourth-order valence-corrected chi connectivity index (χ4v) is 1.91. The number of carbonyl (C=O) groups excluding carboxylic acids is 1. The van der Waals surface area contributed by atoms with Gasteiger partial charge in [0.2, 0.25) is 0 Å². The highest BCUT2D eigenvalue weighted by Gasteiger charge is 2.23. The van der Waals surface area contributed by atoms with Gasteiger partial charge in [0.05, 0.1) is 0 Å². The second-order valence-electron chi connectivity index (χ2n) is 3.74. The van der Waals surface area contributed by atoms with Gasteiger partial charge in [0.1, 0.15) is 23.2 Å². The molecule has 0 spiro atoms. The van der Waals surface area contributed by atoms with Gasteiger partial charge < -0.3 is 10.4 Å². The SMILES string of the molecule is CSCC[C@@H](NC(=O)c1c(F)cccc1F)C(=O)O. The molecule has 1 aromatic carbocycles. The molecule has 0 radical (unpaired) electrons. The van der Waals surface area contributed by atoms with Crippen LogP contribution in [-0.4, -0.2) is 35.0 Å². The van der Waals surface area contributed by atoms with E-state index in [9.17, 15) is 18.4 Å². The molecule has 0 aliphatic heterocycles. The van der Waals surface area contributed by atoms with Gasteiger partial charge in [-0.2, -0.15) is 11.8 Å². The van der Waals surface area contributed by atoms with Crippen molar-refractivity contribution in [2.45, 2.75) is 12.5 Å². The summed E-state index contributed by atoms with van der Waals surface area (Å²) in [7, 11) is 0. The number of hydrogen-bond acceptors (Lipinski definition) is 3. The Balaban J connectivity index is 2.85. The van der Waals surface area contributed by atoms with E-state index in [1.807, 2.05) is 0 Å². The van der Waals surface area contributed by atoms with Gasteiger partial charge in [0, 0.05) is 0 Å². The number of carboxylic acids is 1. The summed E-state index contributed by atoms with van der Waals surface area (Å²) in [6, 6.07) is 1.84. The van der Waals surface area contributed by atoms with Gasteiger partial charge in [0.15, 0.2) is 0 Å². The molecule has 0 unspecified atom stereocenters. The number of hydrogen-bond donors (Lipinski definition) is 2. The maximum Gasteiger partial charge on any atom is 0.326 e. The van der Waals surface area contributed by atoms with Gasteiger partial charge in [-0.3, -0.25) is 4.79 Å². The van der Waals surface area contributed by atoms with Crippen molar-refractivity contribution in [3.05, 3.63) is 35.4 Å². The molecule has 4 nitrogen and oxygen atoms in total. The Bertz CT molecular complexity index is 462. The summed E-state index contributed by atoms with van der Waals surface area (Å²) in [6.45, 7) is 0. The van der Waals surface area contributed by atoms with Crippen LogP contribution < -0.4 is 5.32 Å². The van der Waals surface area contributed by atoms with E-state index in [2.05, 4.69) is 5.32 Å². The lowest BCUT2D eigenvalue weighted by Crippen LogP contribution is -2.41. The Kier molecular flexibility index (Phi) is 5.75. The maximum absolute atomic E-state index is 13.4. The van der Waals surface area contributed by atoms with E-state index in [1.54, 1.807) is 6.26 Å². The van der Waals surface area contributed by atoms with Gasteiger partial charge in [-0.25, -0.2) is 13.6 Å². The third-order valence-electron chi connectivity index (χ3n) is 2.40. The highest BCUT2D eigenvalue weighted by molar-refractivity contribution is 7.98. The van der Waals surface area contributed by atoms with Crippen LogP contribution in [0.4, 0.5) is 8.78 Å². The van der Waals surface area contributed by atoms with Crippen LogP contribution in [0.1, 0.15) is 16.8 Å². The first-order valence-corrected chi connectivity index (χ1v) is 6.83. The first-order chi connectivity index (χ1) is 8.97. The van der Waals surface area contributed by atoms with Crippen molar-refractivity contribution in [2.24, 2.45) is 0 Å². The maximum atomic E-state index is 13.4. The van der Waals surface area contributed by atoms with Gasteiger partial charge in [0.25, 0.3) is 5.91 Å². The number of halogens is 2.